The summed E-state index contributed by atoms with van der Waals surface area (Å²) in [5.74, 6) is 0.789. The fourth-order valence-corrected chi connectivity index (χ4v) is 3.94. The Labute approximate surface area is 154 Å². The molecule has 0 spiro atoms. The second-order valence-electron chi connectivity index (χ2n) is 6.00. The van der Waals surface area contributed by atoms with E-state index in [2.05, 4.69) is 32.5 Å². The summed E-state index contributed by atoms with van der Waals surface area (Å²) < 4.78 is 0. The number of thiophene rings is 1. The molecular formula is C18H17ClN4OS. The van der Waals surface area contributed by atoms with E-state index in [0.29, 0.717) is 10.6 Å². The van der Waals surface area contributed by atoms with Crippen LogP contribution in [0, 0.1) is 0 Å². The van der Waals surface area contributed by atoms with E-state index in [1.54, 1.807) is 23.5 Å². The van der Waals surface area contributed by atoms with Crippen molar-refractivity contribution in [1.82, 2.24) is 15.5 Å². The van der Waals surface area contributed by atoms with Crippen molar-refractivity contribution in [2.24, 2.45) is 0 Å². The summed E-state index contributed by atoms with van der Waals surface area (Å²) in [5.41, 5.74) is 1.54. The van der Waals surface area contributed by atoms with Gasteiger partial charge in [-0.1, -0.05) is 29.8 Å². The molecule has 1 fully saturated rings. The number of amides is 1. The average Bonchev–Trinajstić information content (AvgIpc) is 3.35. The molecule has 2 N–H and O–H groups in total. The highest BCUT2D eigenvalue weighted by Crippen LogP contribution is 2.27. The van der Waals surface area contributed by atoms with Crippen molar-refractivity contribution in [3.63, 3.8) is 0 Å². The standard InChI is InChI=1S/C18H17ClN4OS/c19-14-5-2-1-4-13(14)18(24)20-12-7-8-23(11-12)17-10-15(21-22-17)16-6-3-9-25-16/h1-6,9-10,12H,7-8,11H2,(H,20,24)(H,21,22). The summed E-state index contributed by atoms with van der Waals surface area (Å²) in [6, 6.07) is 13.3. The first kappa shape index (κ1) is 16.2. The number of carbonyl (C=O) groups excluding carboxylic acids is 1. The number of nitrogens with one attached hydrogen (secondary N) is 2. The Hall–Kier alpha value is -2.31. The number of nitrogens with zero attached hydrogens (tertiary/aromatic N) is 2. The lowest BCUT2D eigenvalue weighted by Gasteiger charge is -2.16. The number of aromatic nitrogens is 2. The molecule has 7 heteroatoms. The van der Waals surface area contributed by atoms with Gasteiger partial charge >= 0.3 is 0 Å². The Morgan fingerprint density at radius 3 is 3.00 bits per heavy atom. The van der Waals surface area contributed by atoms with Gasteiger partial charge in [-0.05, 0) is 30.0 Å². The summed E-state index contributed by atoms with van der Waals surface area (Å²) in [5, 5.41) is 13.1. The first-order valence-electron chi connectivity index (χ1n) is 8.10. The highest BCUT2D eigenvalue weighted by Gasteiger charge is 2.26. The summed E-state index contributed by atoms with van der Waals surface area (Å²) in [6.07, 6.45) is 0.886. The molecule has 4 rings (SSSR count). The first-order chi connectivity index (χ1) is 12.2. The van der Waals surface area contributed by atoms with Crippen molar-refractivity contribution in [2.75, 3.05) is 18.0 Å². The van der Waals surface area contributed by atoms with Crippen LogP contribution in [0.1, 0.15) is 16.8 Å². The van der Waals surface area contributed by atoms with Crippen LogP contribution in [0.3, 0.4) is 0 Å². The van der Waals surface area contributed by atoms with Crippen LogP contribution in [-0.4, -0.2) is 35.2 Å². The molecule has 128 valence electrons. The molecule has 1 unspecified atom stereocenters. The van der Waals surface area contributed by atoms with E-state index < -0.39 is 0 Å². The van der Waals surface area contributed by atoms with Gasteiger partial charge in [-0.15, -0.1) is 11.3 Å². The summed E-state index contributed by atoms with van der Waals surface area (Å²) in [4.78, 5) is 15.7. The largest absolute Gasteiger partial charge is 0.353 e. The SMILES string of the molecule is O=C(NC1CCN(c2cc(-c3cccs3)[nH]n2)C1)c1ccccc1Cl. The molecule has 1 aliphatic heterocycles. The molecule has 0 saturated carbocycles. The number of benzene rings is 1. The Kier molecular flexibility index (Phi) is 4.46. The maximum Gasteiger partial charge on any atom is 0.253 e. The molecule has 5 nitrogen and oxygen atoms in total. The van der Waals surface area contributed by atoms with Crippen LogP contribution < -0.4 is 10.2 Å². The minimum absolute atomic E-state index is 0.0886. The van der Waals surface area contributed by atoms with Crippen LogP contribution in [0.25, 0.3) is 10.6 Å². The minimum atomic E-state index is -0.126. The molecule has 3 heterocycles. The molecule has 0 aliphatic carbocycles. The van der Waals surface area contributed by atoms with E-state index in [1.807, 2.05) is 23.6 Å². The molecule has 1 aliphatic rings. The van der Waals surface area contributed by atoms with Gasteiger partial charge in [0.2, 0.25) is 0 Å². The quantitative estimate of drug-likeness (QED) is 0.732. The zero-order valence-corrected chi connectivity index (χ0v) is 15.0. The zero-order chi connectivity index (χ0) is 17.2. The lowest BCUT2D eigenvalue weighted by atomic mass is 10.2. The number of anilines is 1. The minimum Gasteiger partial charge on any atom is -0.353 e. The molecule has 0 radical (unpaired) electrons. The third-order valence-corrected chi connectivity index (χ3v) is 5.55. The Balaban J connectivity index is 1.40. The smallest absolute Gasteiger partial charge is 0.253 e. The number of aromatic amines is 1. The molecule has 1 aromatic carbocycles. The van der Waals surface area contributed by atoms with Gasteiger partial charge in [0.1, 0.15) is 0 Å². The van der Waals surface area contributed by atoms with Crippen LogP contribution >= 0.6 is 22.9 Å². The van der Waals surface area contributed by atoms with E-state index in [0.717, 1.165) is 31.0 Å². The number of rotatable bonds is 4. The number of carbonyl (C=O) groups is 1. The maximum absolute atomic E-state index is 12.4. The van der Waals surface area contributed by atoms with Gasteiger partial charge in [-0.2, -0.15) is 5.10 Å². The van der Waals surface area contributed by atoms with Gasteiger partial charge in [0.05, 0.1) is 21.2 Å². The lowest BCUT2D eigenvalue weighted by molar-refractivity contribution is 0.0940. The first-order valence-corrected chi connectivity index (χ1v) is 9.36. The van der Waals surface area contributed by atoms with Crippen molar-refractivity contribution in [3.05, 3.63) is 58.4 Å². The van der Waals surface area contributed by atoms with E-state index in [1.165, 1.54) is 4.88 Å². The van der Waals surface area contributed by atoms with Crippen molar-refractivity contribution < 1.29 is 4.79 Å². The fourth-order valence-electron chi connectivity index (χ4n) is 3.03. The van der Waals surface area contributed by atoms with Crippen molar-refractivity contribution in [1.29, 1.82) is 0 Å². The van der Waals surface area contributed by atoms with Crippen molar-refractivity contribution in [3.8, 4) is 10.6 Å². The van der Waals surface area contributed by atoms with Crippen molar-refractivity contribution in [2.45, 2.75) is 12.5 Å². The molecule has 1 amide bonds. The van der Waals surface area contributed by atoms with Gasteiger partial charge < -0.3 is 10.2 Å². The topological polar surface area (TPSA) is 61.0 Å². The Morgan fingerprint density at radius 1 is 1.32 bits per heavy atom. The molecule has 2 aromatic heterocycles. The van der Waals surface area contributed by atoms with Gasteiger partial charge in [0.25, 0.3) is 5.91 Å². The van der Waals surface area contributed by atoms with E-state index in [-0.39, 0.29) is 11.9 Å². The number of halogens is 1. The van der Waals surface area contributed by atoms with E-state index in [4.69, 9.17) is 11.6 Å². The predicted molar refractivity (Wildman–Crippen MR) is 101 cm³/mol. The molecule has 0 bridgehead atoms. The highest BCUT2D eigenvalue weighted by atomic mass is 35.5. The maximum atomic E-state index is 12.4. The zero-order valence-electron chi connectivity index (χ0n) is 13.4. The Bertz CT molecular complexity index is 877. The molecule has 1 atom stereocenters. The molecule has 3 aromatic rings. The van der Waals surface area contributed by atoms with Gasteiger partial charge in [-0.25, -0.2) is 0 Å². The lowest BCUT2D eigenvalue weighted by Crippen LogP contribution is -2.37. The molecular weight excluding hydrogens is 356 g/mol. The Morgan fingerprint density at radius 2 is 2.20 bits per heavy atom. The van der Waals surface area contributed by atoms with Gasteiger partial charge in [0.15, 0.2) is 5.82 Å². The number of hydrogen-bond acceptors (Lipinski definition) is 4. The second kappa shape index (κ2) is 6.90. The summed E-state index contributed by atoms with van der Waals surface area (Å²) >= 11 is 7.78. The van der Waals surface area contributed by atoms with E-state index in [9.17, 15) is 4.79 Å². The average molecular weight is 373 g/mol. The van der Waals surface area contributed by atoms with Gasteiger partial charge in [-0.3, -0.25) is 9.89 Å². The fraction of sp³-hybridized carbons (Fsp3) is 0.222. The van der Waals surface area contributed by atoms with Crippen LogP contribution in [0.15, 0.2) is 47.8 Å². The van der Waals surface area contributed by atoms with E-state index >= 15 is 0 Å². The monoisotopic (exact) mass is 372 g/mol. The highest BCUT2D eigenvalue weighted by molar-refractivity contribution is 7.13. The van der Waals surface area contributed by atoms with Crippen LogP contribution in [0.2, 0.25) is 5.02 Å². The summed E-state index contributed by atoms with van der Waals surface area (Å²) in [6.45, 7) is 1.60. The second-order valence-corrected chi connectivity index (χ2v) is 7.36. The van der Waals surface area contributed by atoms with Crippen LogP contribution in [0.5, 0.6) is 0 Å². The predicted octanol–water partition coefficient (Wildman–Crippen LogP) is 3.80. The van der Waals surface area contributed by atoms with Gasteiger partial charge in [0, 0.05) is 25.2 Å². The third-order valence-electron chi connectivity index (χ3n) is 4.32. The van der Waals surface area contributed by atoms with Crippen LogP contribution in [0.4, 0.5) is 5.82 Å². The molecule has 1 saturated heterocycles. The third kappa shape index (κ3) is 3.41. The van der Waals surface area contributed by atoms with Crippen molar-refractivity contribution >= 4 is 34.7 Å². The van der Waals surface area contributed by atoms with Crippen LogP contribution in [-0.2, 0) is 0 Å². The normalized spacial score (nSPS) is 17.0. The number of hydrogen-bond donors (Lipinski definition) is 2. The molecule has 25 heavy (non-hydrogen) atoms. The number of H-pyrrole nitrogens is 1. The summed E-state index contributed by atoms with van der Waals surface area (Å²) in [7, 11) is 0.